The maximum Gasteiger partial charge on any atom is 0.334 e. The fraction of sp³-hybridized carbons (Fsp3) is 0.231. The molecule has 0 aliphatic heterocycles. The molecule has 0 aliphatic rings. The summed E-state index contributed by atoms with van der Waals surface area (Å²) in [5.74, 6) is 0.809. The Morgan fingerprint density at radius 3 is 2.74 bits per heavy atom. The van der Waals surface area contributed by atoms with E-state index in [4.69, 9.17) is 10.5 Å². The van der Waals surface area contributed by atoms with Crippen molar-refractivity contribution in [2.45, 2.75) is 19.6 Å². The van der Waals surface area contributed by atoms with E-state index in [1.54, 1.807) is 19.1 Å². The van der Waals surface area contributed by atoms with Gasteiger partial charge < -0.3 is 10.5 Å². The molecule has 0 bridgehead atoms. The molecular weight excluding hydrogens is 374 g/mol. The van der Waals surface area contributed by atoms with Gasteiger partial charge in [0.1, 0.15) is 24.2 Å². The van der Waals surface area contributed by atoms with Gasteiger partial charge in [0.2, 0.25) is 0 Å². The van der Waals surface area contributed by atoms with Crippen LogP contribution in [0.15, 0.2) is 29.3 Å². The molecule has 1 aromatic carbocycles. The molecule has 10 heteroatoms. The van der Waals surface area contributed by atoms with Gasteiger partial charge in [-0.15, -0.1) is 5.10 Å². The van der Waals surface area contributed by atoms with E-state index in [1.807, 2.05) is 0 Å². The SMILES string of the molecule is CC(Oc1ccc(Br)c2ncnc(N)c12)c1ncn(C(F)F)n1. The molecule has 120 valence electrons. The van der Waals surface area contributed by atoms with Crippen LogP contribution in [0.25, 0.3) is 10.9 Å². The second-order valence-electron chi connectivity index (χ2n) is 4.65. The lowest BCUT2D eigenvalue weighted by atomic mass is 10.2. The number of rotatable bonds is 4. The van der Waals surface area contributed by atoms with Crippen molar-refractivity contribution in [2.24, 2.45) is 0 Å². The van der Waals surface area contributed by atoms with Gasteiger partial charge in [-0.1, -0.05) is 0 Å². The van der Waals surface area contributed by atoms with Gasteiger partial charge in [0.05, 0.1) is 10.9 Å². The molecule has 23 heavy (non-hydrogen) atoms. The first-order valence-corrected chi connectivity index (χ1v) is 7.31. The summed E-state index contributed by atoms with van der Waals surface area (Å²) in [5, 5.41) is 4.21. The minimum absolute atomic E-state index is 0.136. The zero-order chi connectivity index (χ0) is 16.6. The number of nitrogen functional groups attached to an aromatic ring is 1. The third-order valence-corrected chi connectivity index (χ3v) is 3.76. The van der Waals surface area contributed by atoms with Crippen LogP contribution in [0.2, 0.25) is 0 Å². The molecule has 0 spiro atoms. The maximum atomic E-state index is 12.6. The number of fused-ring (bicyclic) bond motifs is 1. The highest BCUT2D eigenvalue weighted by atomic mass is 79.9. The van der Waals surface area contributed by atoms with E-state index in [2.05, 4.69) is 36.0 Å². The van der Waals surface area contributed by atoms with Crippen LogP contribution < -0.4 is 10.5 Å². The number of nitrogens with zero attached hydrogens (tertiary/aromatic N) is 5. The Kier molecular flexibility index (Phi) is 4.07. The first kappa shape index (κ1) is 15.5. The summed E-state index contributed by atoms with van der Waals surface area (Å²) >= 11 is 3.38. The Labute approximate surface area is 137 Å². The molecule has 0 amide bonds. The summed E-state index contributed by atoms with van der Waals surface area (Å²) < 4.78 is 32.1. The first-order chi connectivity index (χ1) is 11.0. The number of hydrogen-bond donors (Lipinski definition) is 1. The Bertz CT molecular complexity index is 856. The van der Waals surface area contributed by atoms with Crippen molar-refractivity contribution in [3.8, 4) is 5.75 Å². The predicted molar refractivity (Wildman–Crippen MR) is 82.0 cm³/mol. The number of halogens is 3. The standard InChI is InChI=1S/C13H11BrF2N6O/c1-6(12-20-5-22(21-12)13(15)16)23-8-3-2-7(14)10-9(8)11(17)19-4-18-10/h2-6,13H,1H3,(H2,17,18,19). The average molecular weight is 385 g/mol. The molecule has 3 rings (SSSR count). The zero-order valence-corrected chi connectivity index (χ0v) is 13.4. The molecule has 1 unspecified atom stereocenters. The Morgan fingerprint density at radius 1 is 1.26 bits per heavy atom. The van der Waals surface area contributed by atoms with Crippen LogP contribution in [0, 0.1) is 0 Å². The fourth-order valence-corrected chi connectivity index (χ4v) is 2.48. The van der Waals surface area contributed by atoms with Crippen molar-refractivity contribution >= 4 is 32.7 Å². The van der Waals surface area contributed by atoms with Crippen LogP contribution in [-0.4, -0.2) is 24.7 Å². The monoisotopic (exact) mass is 384 g/mol. The van der Waals surface area contributed by atoms with Crippen LogP contribution in [0.3, 0.4) is 0 Å². The number of aromatic nitrogens is 5. The van der Waals surface area contributed by atoms with Crippen molar-refractivity contribution in [3.05, 3.63) is 35.1 Å². The minimum Gasteiger partial charge on any atom is -0.482 e. The molecule has 0 radical (unpaired) electrons. The number of ether oxygens (including phenoxy) is 1. The van der Waals surface area contributed by atoms with Crippen molar-refractivity contribution in [3.63, 3.8) is 0 Å². The fourth-order valence-electron chi connectivity index (χ4n) is 2.04. The van der Waals surface area contributed by atoms with Crippen LogP contribution in [-0.2, 0) is 0 Å². The van der Waals surface area contributed by atoms with Gasteiger partial charge in [0.25, 0.3) is 0 Å². The third kappa shape index (κ3) is 2.93. The molecule has 1 atom stereocenters. The van der Waals surface area contributed by atoms with E-state index in [1.165, 1.54) is 6.33 Å². The molecule has 2 aromatic heterocycles. The Balaban J connectivity index is 1.96. The van der Waals surface area contributed by atoms with Gasteiger partial charge in [0, 0.05) is 4.47 Å². The maximum absolute atomic E-state index is 12.6. The Morgan fingerprint density at radius 2 is 2.04 bits per heavy atom. The molecule has 7 nitrogen and oxygen atoms in total. The van der Waals surface area contributed by atoms with Crippen LogP contribution in [0.5, 0.6) is 5.75 Å². The average Bonchev–Trinajstić information content (AvgIpc) is 3.00. The number of anilines is 1. The number of benzene rings is 1. The summed E-state index contributed by atoms with van der Waals surface area (Å²) in [7, 11) is 0. The summed E-state index contributed by atoms with van der Waals surface area (Å²) in [4.78, 5) is 11.9. The van der Waals surface area contributed by atoms with E-state index < -0.39 is 12.7 Å². The van der Waals surface area contributed by atoms with Gasteiger partial charge in [0.15, 0.2) is 11.9 Å². The third-order valence-electron chi connectivity index (χ3n) is 3.12. The minimum atomic E-state index is -2.75. The normalized spacial score (nSPS) is 12.7. The highest BCUT2D eigenvalue weighted by Gasteiger charge is 2.18. The molecule has 0 saturated heterocycles. The molecule has 0 saturated carbocycles. The predicted octanol–water partition coefficient (Wildman–Crippen LogP) is 3.10. The second kappa shape index (κ2) is 6.03. The largest absolute Gasteiger partial charge is 0.482 e. The van der Waals surface area contributed by atoms with Crippen molar-refractivity contribution in [1.82, 2.24) is 24.7 Å². The number of alkyl halides is 2. The lowest BCUT2D eigenvalue weighted by Gasteiger charge is -2.14. The van der Waals surface area contributed by atoms with Crippen LogP contribution in [0.4, 0.5) is 14.6 Å². The van der Waals surface area contributed by atoms with Gasteiger partial charge in [-0.25, -0.2) is 15.0 Å². The summed E-state index contributed by atoms with van der Waals surface area (Å²) in [5.41, 5.74) is 6.49. The quantitative estimate of drug-likeness (QED) is 0.742. The van der Waals surface area contributed by atoms with Crippen molar-refractivity contribution < 1.29 is 13.5 Å². The molecule has 2 heterocycles. The van der Waals surface area contributed by atoms with Crippen LogP contribution >= 0.6 is 15.9 Å². The zero-order valence-electron chi connectivity index (χ0n) is 11.8. The highest BCUT2D eigenvalue weighted by Crippen LogP contribution is 2.35. The van der Waals surface area contributed by atoms with Crippen molar-refractivity contribution in [1.29, 1.82) is 0 Å². The molecule has 3 aromatic rings. The molecule has 0 aliphatic carbocycles. The second-order valence-corrected chi connectivity index (χ2v) is 5.50. The van der Waals surface area contributed by atoms with Gasteiger partial charge >= 0.3 is 6.55 Å². The topological polar surface area (TPSA) is 91.7 Å². The lowest BCUT2D eigenvalue weighted by Crippen LogP contribution is -2.08. The van der Waals surface area contributed by atoms with Gasteiger partial charge in [-0.05, 0) is 35.0 Å². The highest BCUT2D eigenvalue weighted by molar-refractivity contribution is 9.10. The van der Waals surface area contributed by atoms with E-state index in [-0.39, 0.29) is 11.6 Å². The lowest BCUT2D eigenvalue weighted by molar-refractivity contribution is 0.0550. The van der Waals surface area contributed by atoms with E-state index >= 15 is 0 Å². The first-order valence-electron chi connectivity index (χ1n) is 6.52. The van der Waals surface area contributed by atoms with E-state index in [0.717, 1.165) is 10.8 Å². The smallest absolute Gasteiger partial charge is 0.334 e. The van der Waals surface area contributed by atoms with E-state index in [9.17, 15) is 8.78 Å². The summed E-state index contributed by atoms with van der Waals surface area (Å²) in [6, 6.07) is 3.44. The molecular formula is C13H11BrF2N6O. The molecule has 2 N–H and O–H groups in total. The summed E-state index contributed by atoms with van der Waals surface area (Å²) in [6.07, 6.45) is 1.65. The number of nitrogens with two attached hydrogens (primary N) is 1. The van der Waals surface area contributed by atoms with Gasteiger partial charge in [-0.3, -0.25) is 0 Å². The summed E-state index contributed by atoms with van der Waals surface area (Å²) in [6.45, 7) is -1.10. The molecule has 0 fully saturated rings. The van der Waals surface area contributed by atoms with Gasteiger partial charge in [-0.2, -0.15) is 13.5 Å². The van der Waals surface area contributed by atoms with E-state index in [0.29, 0.717) is 21.3 Å². The van der Waals surface area contributed by atoms with Crippen LogP contribution in [0.1, 0.15) is 25.4 Å². The van der Waals surface area contributed by atoms with Crippen molar-refractivity contribution in [2.75, 3.05) is 5.73 Å². The Hall–Kier alpha value is -2.36. The number of hydrogen-bond acceptors (Lipinski definition) is 6.